The van der Waals surface area contributed by atoms with Crippen molar-refractivity contribution in [2.75, 3.05) is 7.11 Å². The average Bonchev–Trinajstić information content (AvgIpc) is 2.70. The van der Waals surface area contributed by atoms with Crippen LogP contribution in [0.4, 0.5) is 0 Å². The summed E-state index contributed by atoms with van der Waals surface area (Å²) in [6.07, 6.45) is 0. The number of aromatic nitrogens is 1. The van der Waals surface area contributed by atoms with Gasteiger partial charge in [-0.25, -0.2) is 0 Å². The Morgan fingerprint density at radius 3 is 2.78 bits per heavy atom. The highest BCUT2D eigenvalue weighted by atomic mass is 32.2. The predicted molar refractivity (Wildman–Crippen MR) is 74.0 cm³/mol. The number of ether oxygens (including phenoxy) is 1. The smallest absolute Gasteiger partial charge is 0.137 e. The first-order valence-corrected chi connectivity index (χ1v) is 6.98. The highest BCUT2D eigenvalue weighted by molar-refractivity contribution is 7.97. The molecule has 18 heavy (non-hydrogen) atoms. The first-order chi connectivity index (χ1) is 8.70. The maximum absolute atomic E-state index is 5.21. The van der Waals surface area contributed by atoms with Crippen molar-refractivity contribution in [1.29, 1.82) is 0 Å². The molecule has 0 unspecified atom stereocenters. The van der Waals surface area contributed by atoms with Crippen LogP contribution in [0.3, 0.4) is 0 Å². The van der Waals surface area contributed by atoms with Crippen LogP contribution in [0.2, 0.25) is 0 Å². The Kier molecular flexibility index (Phi) is 4.31. The van der Waals surface area contributed by atoms with Crippen LogP contribution in [0.25, 0.3) is 0 Å². The molecule has 0 N–H and O–H groups in total. The molecule has 1 heterocycles. The maximum atomic E-state index is 5.21. The lowest BCUT2D eigenvalue weighted by Gasteiger charge is -2.04. The minimum absolute atomic E-state index is 0.908. The van der Waals surface area contributed by atoms with Crippen LogP contribution in [-0.4, -0.2) is 12.3 Å². The van der Waals surface area contributed by atoms with E-state index in [1.54, 1.807) is 7.11 Å². The van der Waals surface area contributed by atoms with Gasteiger partial charge in [-0.1, -0.05) is 17.3 Å². The molecule has 3 nitrogen and oxygen atoms in total. The molecule has 0 atom stereocenters. The first kappa shape index (κ1) is 13.0. The summed E-state index contributed by atoms with van der Waals surface area (Å²) in [6, 6.07) is 8.16. The second-order valence-corrected chi connectivity index (χ2v) is 5.13. The Bertz CT molecular complexity index is 503. The number of hydrogen-bond acceptors (Lipinski definition) is 4. The van der Waals surface area contributed by atoms with Gasteiger partial charge in [-0.2, -0.15) is 11.8 Å². The fourth-order valence-corrected chi connectivity index (χ4v) is 2.87. The molecule has 0 saturated heterocycles. The summed E-state index contributed by atoms with van der Waals surface area (Å²) >= 11 is 1.86. The highest BCUT2D eigenvalue weighted by Gasteiger charge is 2.08. The maximum Gasteiger partial charge on any atom is 0.137 e. The second kappa shape index (κ2) is 5.96. The van der Waals surface area contributed by atoms with Gasteiger partial charge in [-0.05, 0) is 31.5 Å². The van der Waals surface area contributed by atoms with Crippen molar-refractivity contribution < 1.29 is 9.26 Å². The zero-order valence-electron chi connectivity index (χ0n) is 10.9. The molecular formula is C14H17NO2S. The molecule has 0 bridgehead atoms. The summed E-state index contributed by atoms with van der Waals surface area (Å²) in [7, 11) is 1.69. The molecule has 0 amide bonds. The third kappa shape index (κ3) is 3.07. The van der Waals surface area contributed by atoms with Crippen LogP contribution >= 0.6 is 11.8 Å². The van der Waals surface area contributed by atoms with E-state index < -0.39 is 0 Å². The van der Waals surface area contributed by atoms with Gasteiger partial charge in [0.05, 0.1) is 12.8 Å². The van der Waals surface area contributed by atoms with Crippen LogP contribution in [0.1, 0.15) is 22.6 Å². The zero-order valence-corrected chi connectivity index (χ0v) is 11.7. The highest BCUT2D eigenvalue weighted by Crippen LogP contribution is 2.23. The molecular weight excluding hydrogens is 246 g/mol. The average molecular weight is 263 g/mol. The standard InChI is InChI=1S/C14H17NO2S/c1-10-14(11(2)17-15-10)9-18-8-12-5-4-6-13(7-12)16-3/h4-7H,8-9H2,1-3H3. The zero-order chi connectivity index (χ0) is 13.0. The normalized spacial score (nSPS) is 10.6. The van der Waals surface area contributed by atoms with E-state index in [0.29, 0.717) is 0 Å². The fourth-order valence-electron chi connectivity index (χ4n) is 1.74. The molecule has 96 valence electrons. The van der Waals surface area contributed by atoms with Gasteiger partial charge >= 0.3 is 0 Å². The lowest BCUT2D eigenvalue weighted by Crippen LogP contribution is -1.88. The summed E-state index contributed by atoms with van der Waals surface area (Å²) in [5.41, 5.74) is 3.47. The molecule has 2 aromatic rings. The second-order valence-electron chi connectivity index (χ2n) is 4.15. The van der Waals surface area contributed by atoms with Gasteiger partial charge < -0.3 is 9.26 Å². The molecule has 0 aliphatic heterocycles. The topological polar surface area (TPSA) is 35.3 Å². The summed E-state index contributed by atoms with van der Waals surface area (Å²) in [4.78, 5) is 0. The van der Waals surface area contributed by atoms with Crippen molar-refractivity contribution >= 4 is 11.8 Å². The number of methoxy groups -OCH3 is 1. The number of rotatable bonds is 5. The van der Waals surface area contributed by atoms with Crippen LogP contribution in [-0.2, 0) is 11.5 Å². The molecule has 1 aromatic heterocycles. The summed E-state index contributed by atoms with van der Waals surface area (Å²) in [5.74, 6) is 3.72. The number of aryl methyl sites for hydroxylation is 2. The predicted octanol–water partition coefficient (Wildman–Crippen LogP) is 3.73. The summed E-state index contributed by atoms with van der Waals surface area (Å²) in [6.45, 7) is 3.94. The van der Waals surface area contributed by atoms with E-state index in [1.165, 1.54) is 11.1 Å². The molecule has 2 rings (SSSR count). The quantitative estimate of drug-likeness (QED) is 0.823. The summed E-state index contributed by atoms with van der Waals surface area (Å²) in [5, 5.41) is 3.96. The van der Waals surface area contributed by atoms with E-state index in [1.807, 2.05) is 37.7 Å². The third-order valence-electron chi connectivity index (χ3n) is 2.83. The molecule has 0 spiro atoms. The van der Waals surface area contributed by atoms with Crippen molar-refractivity contribution in [2.45, 2.75) is 25.4 Å². The van der Waals surface area contributed by atoms with Crippen molar-refractivity contribution in [2.24, 2.45) is 0 Å². The van der Waals surface area contributed by atoms with Gasteiger partial charge in [0.2, 0.25) is 0 Å². The monoisotopic (exact) mass is 263 g/mol. The first-order valence-electron chi connectivity index (χ1n) is 5.83. The third-order valence-corrected chi connectivity index (χ3v) is 3.86. The van der Waals surface area contributed by atoms with Crippen LogP contribution in [0.5, 0.6) is 5.75 Å². The Hall–Kier alpha value is -1.42. The molecule has 0 radical (unpaired) electrons. The van der Waals surface area contributed by atoms with Crippen molar-refractivity contribution in [3.05, 3.63) is 46.8 Å². The van der Waals surface area contributed by atoms with Crippen molar-refractivity contribution in [3.8, 4) is 5.75 Å². The minimum atomic E-state index is 0.908. The van der Waals surface area contributed by atoms with Gasteiger partial charge in [0.25, 0.3) is 0 Å². The lowest BCUT2D eigenvalue weighted by atomic mass is 10.2. The number of hydrogen-bond donors (Lipinski definition) is 0. The van der Waals surface area contributed by atoms with E-state index in [-0.39, 0.29) is 0 Å². The molecule has 0 aliphatic carbocycles. The van der Waals surface area contributed by atoms with Gasteiger partial charge in [0.15, 0.2) is 0 Å². The van der Waals surface area contributed by atoms with Crippen molar-refractivity contribution in [3.63, 3.8) is 0 Å². The Morgan fingerprint density at radius 1 is 1.28 bits per heavy atom. The SMILES string of the molecule is COc1cccc(CSCc2c(C)noc2C)c1. The van der Waals surface area contributed by atoms with E-state index >= 15 is 0 Å². The lowest BCUT2D eigenvalue weighted by molar-refractivity contribution is 0.392. The van der Waals surface area contributed by atoms with Crippen LogP contribution in [0, 0.1) is 13.8 Å². The Morgan fingerprint density at radius 2 is 2.11 bits per heavy atom. The van der Waals surface area contributed by atoms with Crippen molar-refractivity contribution in [1.82, 2.24) is 5.16 Å². The van der Waals surface area contributed by atoms with Gasteiger partial charge in [-0.3, -0.25) is 0 Å². The van der Waals surface area contributed by atoms with Gasteiger partial charge in [0.1, 0.15) is 11.5 Å². The molecule has 1 aromatic carbocycles. The largest absolute Gasteiger partial charge is 0.497 e. The minimum Gasteiger partial charge on any atom is -0.497 e. The van der Waals surface area contributed by atoms with Crippen LogP contribution in [0.15, 0.2) is 28.8 Å². The van der Waals surface area contributed by atoms with Crippen LogP contribution < -0.4 is 4.74 Å². The van der Waals surface area contributed by atoms with Gasteiger partial charge in [-0.15, -0.1) is 0 Å². The summed E-state index contributed by atoms with van der Waals surface area (Å²) < 4.78 is 10.4. The number of thioether (sulfide) groups is 1. The molecule has 4 heteroatoms. The fraction of sp³-hybridized carbons (Fsp3) is 0.357. The Labute approximate surface area is 112 Å². The van der Waals surface area contributed by atoms with E-state index in [9.17, 15) is 0 Å². The molecule has 0 saturated carbocycles. The Balaban J connectivity index is 1.92. The van der Waals surface area contributed by atoms with E-state index in [2.05, 4.69) is 17.3 Å². The van der Waals surface area contributed by atoms with Gasteiger partial charge in [0, 0.05) is 17.1 Å². The van der Waals surface area contributed by atoms with E-state index in [0.717, 1.165) is 28.7 Å². The molecule has 0 fully saturated rings. The number of benzene rings is 1. The van der Waals surface area contributed by atoms with E-state index in [4.69, 9.17) is 9.26 Å². The molecule has 0 aliphatic rings. The number of nitrogens with zero attached hydrogens (tertiary/aromatic N) is 1.